The highest BCUT2D eigenvalue weighted by Gasteiger charge is 2.18. The van der Waals surface area contributed by atoms with E-state index in [4.69, 9.17) is 4.74 Å². The van der Waals surface area contributed by atoms with Crippen LogP contribution < -0.4 is 9.46 Å². The van der Waals surface area contributed by atoms with Crippen molar-refractivity contribution in [1.82, 2.24) is 0 Å². The van der Waals surface area contributed by atoms with Crippen LogP contribution in [0.5, 0.6) is 5.75 Å². The zero-order valence-electron chi connectivity index (χ0n) is 11.1. The number of ether oxygens (including phenoxy) is 1. The molecule has 0 fully saturated rings. The Morgan fingerprint density at radius 2 is 1.80 bits per heavy atom. The summed E-state index contributed by atoms with van der Waals surface area (Å²) in [5.41, 5.74) is 1.22. The molecule has 2 aromatic carbocycles. The monoisotopic (exact) mass is 355 g/mol. The molecule has 0 aliphatic heterocycles. The maximum atomic E-state index is 12.3. The largest absolute Gasteiger partial charge is 0.495 e. The Balaban J connectivity index is 2.45. The predicted molar refractivity (Wildman–Crippen MR) is 82.7 cm³/mol. The predicted octanol–water partition coefficient (Wildman–Crippen LogP) is 3.57. The zero-order valence-corrected chi connectivity index (χ0v) is 13.5. The van der Waals surface area contributed by atoms with E-state index in [0.717, 1.165) is 10.0 Å². The normalized spacial score (nSPS) is 11.2. The first-order valence-corrected chi connectivity index (χ1v) is 8.13. The molecule has 0 saturated carbocycles. The van der Waals surface area contributed by atoms with E-state index in [-0.39, 0.29) is 4.90 Å². The highest BCUT2D eigenvalue weighted by molar-refractivity contribution is 9.10. The van der Waals surface area contributed by atoms with E-state index in [9.17, 15) is 8.42 Å². The van der Waals surface area contributed by atoms with Gasteiger partial charge >= 0.3 is 0 Å². The number of halogens is 1. The number of rotatable bonds is 4. The summed E-state index contributed by atoms with van der Waals surface area (Å²) in [6.45, 7) is 1.82. The highest BCUT2D eigenvalue weighted by atomic mass is 79.9. The third-order valence-electron chi connectivity index (χ3n) is 2.77. The Bertz CT molecular complexity index is 715. The second-order valence-corrected chi connectivity index (χ2v) is 6.82. The topological polar surface area (TPSA) is 55.4 Å². The van der Waals surface area contributed by atoms with Crippen LogP contribution in [0.1, 0.15) is 5.56 Å². The average molecular weight is 356 g/mol. The highest BCUT2D eigenvalue weighted by Crippen LogP contribution is 2.33. The van der Waals surface area contributed by atoms with Gasteiger partial charge in [-0.15, -0.1) is 0 Å². The van der Waals surface area contributed by atoms with Crippen LogP contribution in [0.2, 0.25) is 0 Å². The Hall–Kier alpha value is -1.53. The van der Waals surface area contributed by atoms with Gasteiger partial charge < -0.3 is 4.74 Å². The molecule has 0 aromatic heterocycles. The van der Waals surface area contributed by atoms with Crippen LogP contribution in [0.15, 0.2) is 51.8 Å². The van der Waals surface area contributed by atoms with E-state index >= 15 is 0 Å². The van der Waals surface area contributed by atoms with Gasteiger partial charge in [0.2, 0.25) is 0 Å². The molecule has 4 nitrogen and oxygen atoms in total. The third-order valence-corrected chi connectivity index (χ3v) is 4.60. The standard InChI is InChI=1S/C14H14BrNO3S/c1-10-8-11(15)9-13(19-2)14(10)16-20(17,18)12-6-4-3-5-7-12/h3-9,16H,1-2H3. The first-order chi connectivity index (χ1) is 9.44. The summed E-state index contributed by atoms with van der Waals surface area (Å²) < 4.78 is 33.3. The van der Waals surface area contributed by atoms with Gasteiger partial charge in [-0.05, 0) is 36.8 Å². The minimum atomic E-state index is -3.63. The van der Waals surface area contributed by atoms with Crippen LogP contribution in [0, 0.1) is 6.92 Å². The van der Waals surface area contributed by atoms with Crippen molar-refractivity contribution in [2.75, 3.05) is 11.8 Å². The van der Waals surface area contributed by atoms with Gasteiger partial charge in [-0.2, -0.15) is 0 Å². The van der Waals surface area contributed by atoms with E-state index in [1.807, 2.05) is 13.0 Å². The summed E-state index contributed by atoms with van der Waals surface area (Å²) in [4.78, 5) is 0.212. The van der Waals surface area contributed by atoms with Gasteiger partial charge in [0.05, 0.1) is 17.7 Å². The minimum absolute atomic E-state index is 0.212. The average Bonchev–Trinajstić information content (AvgIpc) is 2.42. The summed E-state index contributed by atoms with van der Waals surface area (Å²) >= 11 is 3.36. The van der Waals surface area contributed by atoms with Crippen molar-refractivity contribution >= 4 is 31.6 Å². The van der Waals surface area contributed by atoms with Crippen LogP contribution in [-0.4, -0.2) is 15.5 Å². The quantitative estimate of drug-likeness (QED) is 0.911. The summed E-state index contributed by atoms with van der Waals surface area (Å²) in [5, 5.41) is 0. The fraction of sp³-hybridized carbons (Fsp3) is 0.143. The van der Waals surface area contributed by atoms with E-state index in [1.54, 1.807) is 36.4 Å². The molecule has 106 valence electrons. The zero-order chi connectivity index (χ0) is 14.8. The molecule has 0 aliphatic rings. The fourth-order valence-corrected chi connectivity index (χ4v) is 3.51. The van der Waals surface area contributed by atoms with Gasteiger partial charge in [-0.1, -0.05) is 34.1 Å². The van der Waals surface area contributed by atoms with Crippen molar-refractivity contribution in [2.45, 2.75) is 11.8 Å². The van der Waals surface area contributed by atoms with Gasteiger partial charge in [0, 0.05) is 4.47 Å². The molecule has 2 rings (SSSR count). The van der Waals surface area contributed by atoms with Crippen LogP contribution >= 0.6 is 15.9 Å². The van der Waals surface area contributed by atoms with Gasteiger partial charge in [-0.3, -0.25) is 4.72 Å². The van der Waals surface area contributed by atoms with Crippen molar-refractivity contribution in [3.63, 3.8) is 0 Å². The Morgan fingerprint density at radius 1 is 1.15 bits per heavy atom. The smallest absolute Gasteiger partial charge is 0.262 e. The van der Waals surface area contributed by atoms with Crippen molar-refractivity contribution in [2.24, 2.45) is 0 Å². The summed E-state index contributed by atoms with van der Waals surface area (Å²) in [6.07, 6.45) is 0. The summed E-state index contributed by atoms with van der Waals surface area (Å²) in [5.74, 6) is 0.469. The third kappa shape index (κ3) is 3.13. The minimum Gasteiger partial charge on any atom is -0.495 e. The second kappa shape index (κ2) is 5.85. The summed E-state index contributed by atoms with van der Waals surface area (Å²) in [7, 11) is -2.13. The summed E-state index contributed by atoms with van der Waals surface area (Å²) in [6, 6.07) is 11.8. The molecule has 0 unspecified atom stereocenters. The maximum absolute atomic E-state index is 12.3. The lowest BCUT2D eigenvalue weighted by molar-refractivity contribution is 0.416. The number of hydrogen-bond donors (Lipinski definition) is 1. The Labute approximate surface area is 127 Å². The molecule has 0 bridgehead atoms. The fourth-order valence-electron chi connectivity index (χ4n) is 1.80. The van der Waals surface area contributed by atoms with Crippen LogP contribution in [0.4, 0.5) is 5.69 Å². The first-order valence-electron chi connectivity index (χ1n) is 5.86. The molecule has 2 aromatic rings. The van der Waals surface area contributed by atoms with E-state index in [0.29, 0.717) is 11.4 Å². The molecule has 0 spiro atoms. The van der Waals surface area contributed by atoms with E-state index in [2.05, 4.69) is 20.7 Å². The van der Waals surface area contributed by atoms with Crippen LogP contribution in [0.25, 0.3) is 0 Å². The lowest BCUT2D eigenvalue weighted by Gasteiger charge is -2.15. The maximum Gasteiger partial charge on any atom is 0.262 e. The van der Waals surface area contributed by atoms with E-state index < -0.39 is 10.0 Å². The molecule has 0 saturated heterocycles. The number of benzene rings is 2. The van der Waals surface area contributed by atoms with Gasteiger partial charge in [0.1, 0.15) is 5.75 Å². The molecule has 6 heteroatoms. The lowest BCUT2D eigenvalue weighted by atomic mass is 10.2. The Kier molecular flexibility index (Phi) is 4.35. The Morgan fingerprint density at radius 3 is 2.40 bits per heavy atom. The molecule has 0 heterocycles. The number of nitrogens with one attached hydrogen (secondary N) is 1. The molecule has 0 aliphatic carbocycles. The van der Waals surface area contributed by atoms with Gasteiger partial charge in [-0.25, -0.2) is 8.42 Å². The van der Waals surface area contributed by atoms with E-state index in [1.165, 1.54) is 7.11 Å². The molecule has 0 amide bonds. The van der Waals surface area contributed by atoms with Crippen molar-refractivity contribution in [1.29, 1.82) is 0 Å². The molecule has 20 heavy (non-hydrogen) atoms. The number of hydrogen-bond acceptors (Lipinski definition) is 3. The molecule has 0 radical (unpaired) electrons. The number of sulfonamides is 1. The van der Waals surface area contributed by atoms with Crippen molar-refractivity contribution < 1.29 is 13.2 Å². The molecule has 0 atom stereocenters. The van der Waals surface area contributed by atoms with Crippen LogP contribution in [0.3, 0.4) is 0 Å². The van der Waals surface area contributed by atoms with Crippen molar-refractivity contribution in [3.8, 4) is 5.75 Å². The van der Waals surface area contributed by atoms with Gasteiger partial charge in [0.15, 0.2) is 0 Å². The molecule has 1 N–H and O–H groups in total. The second-order valence-electron chi connectivity index (χ2n) is 4.22. The van der Waals surface area contributed by atoms with Crippen LogP contribution in [-0.2, 0) is 10.0 Å². The van der Waals surface area contributed by atoms with Crippen molar-refractivity contribution in [3.05, 3.63) is 52.5 Å². The number of anilines is 1. The lowest BCUT2D eigenvalue weighted by Crippen LogP contribution is -2.14. The number of methoxy groups -OCH3 is 1. The van der Waals surface area contributed by atoms with Gasteiger partial charge in [0.25, 0.3) is 10.0 Å². The molecular weight excluding hydrogens is 342 g/mol. The first kappa shape index (κ1) is 14.9. The number of aryl methyl sites for hydroxylation is 1. The molecular formula is C14H14BrNO3S. The SMILES string of the molecule is COc1cc(Br)cc(C)c1NS(=O)(=O)c1ccccc1.